The first-order valence-corrected chi connectivity index (χ1v) is 2.25. The van der Waals surface area contributed by atoms with Crippen LogP contribution in [0.5, 0.6) is 0 Å². The second-order valence-corrected chi connectivity index (χ2v) is 1.98. The van der Waals surface area contributed by atoms with E-state index in [0.29, 0.717) is 5.92 Å². The Balaban J connectivity index is 2.31. The van der Waals surface area contributed by atoms with Crippen LogP contribution in [-0.2, 0) is 0 Å². The van der Waals surface area contributed by atoms with E-state index in [1.54, 1.807) is 0 Å². The average molecular weight is 85.1 g/mol. The summed E-state index contributed by atoms with van der Waals surface area (Å²) in [4.78, 5) is 0. The molecule has 1 fully saturated rings. The molecule has 1 nitrogen and oxygen atoms in total. The number of hydrogen-bond donors (Lipinski definition) is 1. The minimum atomic E-state index is -0.0648. The van der Waals surface area contributed by atoms with Gasteiger partial charge in [-0.2, -0.15) is 12.8 Å². The highest BCUT2D eigenvalue weighted by atomic mass is 16.3. The Kier molecular flexibility index (Phi) is 0.667. The molecular weight excluding hydrogens is 76.1 g/mol. The largest absolute Gasteiger partial charge is 0.427 e. The summed E-state index contributed by atoms with van der Waals surface area (Å²) >= 11 is 0. The smallest absolute Gasteiger partial charge is 0.0897 e. The normalized spacial score (nSPS) is 46.5. The molecule has 2 unspecified atom stereocenters. The summed E-state index contributed by atoms with van der Waals surface area (Å²) in [6.07, 6.45) is -0.0648. The van der Waals surface area contributed by atoms with Gasteiger partial charge >= 0.3 is 0 Å². The Labute approximate surface area is 38.0 Å². The molecule has 0 radical (unpaired) electrons. The van der Waals surface area contributed by atoms with Crippen LogP contribution in [0.3, 0.4) is 0 Å². The summed E-state index contributed by atoms with van der Waals surface area (Å²) in [7, 11) is 0. The van der Waals surface area contributed by atoms with E-state index in [-0.39, 0.29) is 6.10 Å². The first-order chi connectivity index (χ1) is 2.73. The fourth-order valence-electron chi connectivity index (χ4n) is 0.538. The number of rotatable bonds is 0. The first-order valence-electron chi connectivity index (χ1n) is 2.25. The van der Waals surface area contributed by atoms with Crippen molar-refractivity contribution in [3.05, 3.63) is 5.92 Å². The molecule has 0 bridgehead atoms. The van der Waals surface area contributed by atoms with E-state index < -0.39 is 0 Å². The maximum atomic E-state index is 8.67. The average Bonchev–Trinajstić information content (AvgIpc) is 1.94. The Morgan fingerprint density at radius 3 is 1.83 bits per heavy atom. The van der Waals surface area contributed by atoms with Gasteiger partial charge in [0.1, 0.15) is 0 Å². The van der Waals surface area contributed by atoms with Crippen LogP contribution in [0.2, 0.25) is 0 Å². The van der Waals surface area contributed by atoms with Gasteiger partial charge in [0.15, 0.2) is 0 Å². The predicted octanol–water partition coefficient (Wildman–Crippen LogP) is 0.591. The van der Waals surface area contributed by atoms with Crippen molar-refractivity contribution in [1.82, 2.24) is 0 Å². The van der Waals surface area contributed by atoms with Gasteiger partial charge in [-0.15, -0.1) is 0 Å². The van der Waals surface area contributed by atoms with E-state index in [1.807, 2.05) is 13.8 Å². The molecule has 0 spiro atoms. The van der Waals surface area contributed by atoms with Crippen molar-refractivity contribution in [2.45, 2.75) is 20.0 Å². The van der Waals surface area contributed by atoms with Crippen molar-refractivity contribution in [2.24, 2.45) is 5.92 Å². The van der Waals surface area contributed by atoms with Crippen LogP contribution >= 0.6 is 0 Å². The van der Waals surface area contributed by atoms with Gasteiger partial charge in [0.25, 0.3) is 0 Å². The third-order valence-electron chi connectivity index (χ3n) is 1.55. The van der Waals surface area contributed by atoms with Gasteiger partial charge in [-0.3, -0.25) is 5.92 Å². The molecule has 1 rings (SSSR count). The summed E-state index contributed by atoms with van der Waals surface area (Å²) in [6, 6.07) is 0. The zero-order valence-electron chi connectivity index (χ0n) is 4.10. The first kappa shape index (κ1) is 4.13. The molecule has 1 N–H and O–H groups in total. The second-order valence-electron chi connectivity index (χ2n) is 1.98. The lowest BCUT2D eigenvalue weighted by molar-refractivity contribution is 0.267. The highest BCUT2D eigenvalue weighted by Crippen LogP contribution is 2.39. The van der Waals surface area contributed by atoms with Crippen LogP contribution in [-0.4, -0.2) is 11.2 Å². The van der Waals surface area contributed by atoms with E-state index in [4.69, 9.17) is 5.11 Å². The molecule has 0 aromatic rings. The Hall–Kier alpha value is -0.0400. The van der Waals surface area contributed by atoms with Gasteiger partial charge in [-0.25, -0.2) is 0 Å². The topological polar surface area (TPSA) is 20.2 Å². The van der Waals surface area contributed by atoms with Crippen molar-refractivity contribution >= 4 is 0 Å². The molecule has 0 heterocycles. The van der Waals surface area contributed by atoms with Crippen LogP contribution in [0.15, 0.2) is 0 Å². The van der Waals surface area contributed by atoms with Crippen LogP contribution in [0.4, 0.5) is 0 Å². The van der Waals surface area contributed by atoms with Gasteiger partial charge < -0.3 is 5.11 Å². The quantitative estimate of drug-likeness (QED) is 0.427. The lowest BCUT2D eigenvalue weighted by atomic mass is 10.4. The SMILES string of the molecule is C[C-]1C(C)C1O. The van der Waals surface area contributed by atoms with Gasteiger partial charge in [0.05, 0.1) is 0 Å². The third-order valence-corrected chi connectivity index (χ3v) is 1.55. The Bertz CT molecular complexity index is 40.7. The summed E-state index contributed by atoms with van der Waals surface area (Å²) in [5, 5.41) is 8.67. The molecule has 0 amide bonds. The van der Waals surface area contributed by atoms with Gasteiger partial charge in [-0.1, -0.05) is 13.0 Å². The molecule has 2 atom stereocenters. The van der Waals surface area contributed by atoms with E-state index in [0.717, 1.165) is 0 Å². The summed E-state index contributed by atoms with van der Waals surface area (Å²) in [5.74, 6) is 1.72. The highest BCUT2D eigenvalue weighted by molar-refractivity contribution is 5.17. The van der Waals surface area contributed by atoms with Crippen molar-refractivity contribution in [3.63, 3.8) is 0 Å². The predicted molar refractivity (Wildman–Crippen MR) is 24.1 cm³/mol. The fourth-order valence-corrected chi connectivity index (χ4v) is 0.538. The van der Waals surface area contributed by atoms with E-state index in [2.05, 4.69) is 0 Å². The summed E-state index contributed by atoms with van der Waals surface area (Å²) in [5.41, 5.74) is 0. The molecule has 1 aliphatic rings. The molecule has 0 saturated heterocycles. The van der Waals surface area contributed by atoms with E-state index in [9.17, 15) is 0 Å². The molecule has 0 aliphatic heterocycles. The molecule has 0 aromatic heterocycles. The number of aliphatic hydroxyl groups excluding tert-OH is 1. The second kappa shape index (κ2) is 0.969. The molecule has 6 heavy (non-hydrogen) atoms. The molecule has 0 aromatic carbocycles. The molecule has 1 saturated carbocycles. The Morgan fingerprint density at radius 2 is 1.83 bits per heavy atom. The van der Waals surface area contributed by atoms with E-state index in [1.165, 1.54) is 5.92 Å². The third kappa shape index (κ3) is 0.350. The lowest BCUT2D eigenvalue weighted by Gasteiger charge is -1.85. The van der Waals surface area contributed by atoms with Crippen molar-refractivity contribution in [2.75, 3.05) is 0 Å². The highest BCUT2D eigenvalue weighted by Gasteiger charge is 2.23. The van der Waals surface area contributed by atoms with Crippen molar-refractivity contribution in [1.29, 1.82) is 0 Å². The van der Waals surface area contributed by atoms with Crippen LogP contribution in [0.1, 0.15) is 13.8 Å². The maximum Gasteiger partial charge on any atom is -0.0897 e. The van der Waals surface area contributed by atoms with Crippen molar-refractivity contribution < 1.29 is 5.11 Å². The Morgan fingerprint density at radius 1 is 1.67 bits per heavy atom. The molecule has 36 valence electrons. The monoisotopic (exact) mass is 85.1 g/mol. The van der Waals surface area contributed by atoms with E-state index >= 15 is 0 Å². The summed E-state index contributed by atoms with van der Waals surface area (Å²) in [6.45, 7) is 4.01. The lowest BCUT2D eigenvalue weighted by Crippen LogP contribution is -1.76. The zero-order chi connectivity index (χ0) is 4.73. The van der Waals surface area contributed by atoms with Gasteiger partial charge in [0.2, 0.25) is 0 Å². The minimum Gasteiger partial charge on any atom is -0.427 e. The van der Waals surface area contributed by atoms with Gasteiger partial charge in [0, 0.05) is 0 Å². The van der Waals surface area contributed by atoms with Crippen molar-refractivity contribution in [3.8, 4) is 0 Å². The minimum absolute atomic E-state index is 0.0648. The number of aliphatic hydroxyl groups is 1. The zero-order valence-corrected chi connectivity index (χ0v) is 4.10. The molecule has 1 aliphatic carbocycles. The molecule has 1 heteroatoms. The summed E-state index contributed by atoms with van der Waals surface area (Å²) < 4.78 is 0. The molecular formula is C5H9O-. The fraction of sp³-hybridized carbons (Fsp3) is 0.800. The maximum absolute atomic E-state index is 8.67. The van der Waals surface area contributed by atoms with Crippen LogP contribution in [0.25, 0.3) is 0 Å². The standard InChI is InChI=1S/C5H9O/c1-3-4(2)5(3)6/h3,5-6H,1-2H3/q-1. The van der Waals surface area contributed by atoms with Crippen LogP contribution < -0.4 is 0 Å². The van der Waals surface area contributed by atoms with Gasteiger partial charge in [-0.05, 0) is 0 Å². The van der Waals surface area contributed by atoms with Crippen LogP contribution in [0, 0.1) is 11.8 Å². The number of hydrogen-bond acceptors (Lipinski definition) is 1.